The molecule has 0 bridgehead atoms. The molecule has 0 atom stereocenters. The summed E-state index contributed by atoms with van der Waals surface area (Å²) in [5, 5.41) is 11.5. The molecular formula is C25H32N2O6. The number of ether oxygens (including phenoxy) is 3. The molecular weight excluding hydrogens is 424 g/mol. The number of carbonyl (C=O) groups is 2. The van der Waals surface area contributed by atoms with Crippen molar-refractivity contribution in [2.45, 2.75) is 44.6 Å². The van der Waals surface area contributed by atoms with E-state index in [1.54, 1.807) is 29.2 Å². The molecule has 0 aliphatic carbocycles. The molecule has 1 saturated heterocycles. The monoisotopic (exact) mass is 456 g/mol. The van der Waals surface area contributed by atoms with E-state index in [1.807, 2.05) is 30.3 Å². The van der Waals surface area contributed by atoms with Crippen molar-refractivity contribution < 1.29 is 28.9 Å². The molecule has 178 valence electrons. The summed E-state index contributed by atoms with van der Waals surface area (Å²) in [7, 11) is 0. The quantitative estimate of drug-likeness (QED) is 0.502. The van der Waals surface area contributed by atoms with Gasteiger partial charge in [0.2, 0.25) is 0 Å². The molecule has 0 unspecified atom stereocenters. The van der Waals surface area contributed by atoms with Crippen molar-refractivity contribution in [3.63, 3.8) is 0 Å². The van der Waals surface area contributed by atoms with E-state index in [0.717, 1.165) is 31.4 Å². The lowest BCUT2D eigenvalue weighted by molar-refractivity contribution is 0.0525. The first-order valence-corrected chi connectivity index (χ1v) is 11.5. The molecule has 2 aromatic carbocycles. The van der Waals surface area contributed by atoms with E-state index in [2.05, 4.69) is 5.32 Å². The predicted octanol–water partition coefficient (Wildman–Crippen LogP) is 4.72. The van der Waals surface area contributed by atoms with E-state index in [0.29, 0.717) is 44.0 Å². The van der Waals surface area contributed by atoms with Crippen molar-refractivity contribution in [1.82, 2.24) is 10.2 Å². The highest BCUT2D eigenvalue weighted by atomic mass is 16.6. The first-order chi connectivity index (χ1) is 16.1. The predicted molar refractivity (Wildman–Crippen MR) is 124 cm³/mol. The van der Waals surface area contributed by atoms with Crippen LogP contribution in [-0.4, -0.2) is 54.5 Å². The molecule has 1 aliphatic heterocycles. The standard InChI is InChI=1S/C25H32N2O6/c28-19-7-2-1-6-16-26-24(29)32-23-14-17-27(18-15-23)25(30)33-22-12-10-21(11-13-22)31-20-8-4-3-5-9-20/h3-5,8-13,23,28H,1-2,6-7,14-19H2,(H,26,29). The third-order valence-corrected chi connectivity index (χ3v) is 5.34. The lowest BCUT2D eigenvalue weighted by Gasteiger charge is -2.30. The summed E-state index contributed by atoms with van der Waals surface area (Å²) in [6.45, 7) is 1.70. The zero-order chi connectivity index (χ0) is 23.3. The molecule has 0 spiro atoms. The maximum atomic E-state index is 12.5. The minimum absolute atomic E-state index is 0.206. The average Bonchev–Trinajstić information content (AvgIpc) is 2.83. The number of amides is 2. The number of aliphatic hydroxyl groups is 1. The van der Waals surface area contributed by atoms with Crippen molar-refractivity contribution in [3.8, 4) is 17.2 Å². The topological polar surface area (TPSA) is 97.3 Å². The second kappa shape index (κ2) is 13.3. The molecule has 1 heterocycles. The Morgan fingerprint density at radius 3 is 2.21 bits per heavy atom. The van der Waals surface area contributed by atoms with Crippen LogP contribution in [0.1, 0.15) is 38.5 Å². The van der Waals surface area contributed by atoms with Crippen LogP contribution in [0, 0.1) is 0 Å². The van der Waals surface area contributed by atoms with Crippen LogP contribution in [0.2, 0.25) is 0 Å². The number of likely N-dealkylation sites (tertiary alicyclic amines) is 1. The molecule has 33 heavy (non-hydrogen) atoms. The molecule has 0 aromatic heterocycles. The van der Waals surface area contributed by atoms with Crippen LogP contribution >= 0.6 is 0 Å². The van der Waals surface area contributed by atoms with E-state index in [4.69, 9.17) is 19.3 Å². The number of para-hydroxylation sites is 1. The molecule has 8 nitrogen and oxygen atoms in total. The first kappa shape index (κ1) is 24.4. The number of carbonyl (C=O) groups excluding carboxylic acids is 2. The zero-order valence-electron chi connectivity index (χ0n) is 18.8. The van der Waals surface area contributed by atoms with Gasteiger partial charge in [0.25, 0.3) is 0 Å². The Kier molecular flexibility index (Phi) is 9.85. The third kappa shape index (κ3) is 8.65. The lowest BCUT2D eigenvalue weighted by atomic mass is 10.1. The molecule has 2 N–H and O–H groups in total. The van der Waals surface area contributed by atoms with E-state index in [-0.39, 0.29) is 12.7 Å². The third-order valence-electron chi connectivity index (χ3n) is 5.34. The fourth-order valence-electron chi connectivity index (χ4n) is 3.50. The Labute approximate surface area is 194 Å². The normalized spacial score (nSPS) is 13.9. The number of hydrogen-bond donors (Lipinski definition) is 2. The Hall–Kier alpha value is -3.26. The van der Waals surface area contributed by atoms with Crippen molar-refractivity contribution in [1.29, 1.82) is 0 Å². The number of unbranched alkanes of at least 4 members (excludes halogenated alkanes) is 3. The molecule has 0 saturated carbocycles. The van der Waals surface area contributed by atoms with Gasteiger partial charge in [-0.05, 0) is 49.2 Å². The summed E-state index contributed by atoms with van der Waals surface area (Å²) in [6.07, 6.45) is 3.66. The summed E-state index contributed by atoms with van der Waals surface area (Å²) in [5.74, 6) is 1.83. The summed E-state index contributed by atoms with van der Waals surface area (Å²) in [6, 6.07) is 16.3. The maximum Gasteiger partial charge on any atom is 0.415 e. The molecule has 2 aromatic rings. The van der Waals surface area contributed by atoms with Crippen LogP contribution in [0.3, 0.4) is 0 Å². The number of piperidine rings is 1. The van der Waals surface area contributed by atoms with Gasteiger partial charge in [-0.25, -0.2) is 9.59 Å². The van der Waals surface area contributed by atoms with Crippen molar-refractivity contribution >= 4 is 12.2 Å². The number of rotatable bonds is 10. The molecule has 3 rings (SSSR count). The smallest absolute Gasteiger partial charge is 0.415 e. The lowest BCUT2D eigenvalue weighted by Crippen LogP contribution is -2.43. The number of benzene rings is 2. The van der Waals surface area contributed by atoms with Gasteiger partial charge >= 0.3 is 12.2 Å². The van der Waals surface area contributed by atoms with Crippen LogP contribution in [-0.2, 0) is 4.74 Å². The minimum Gasteiger partial charge on any atom is -0.457 e. The van der Waals surface area contributed by atoms with Gasteiger partial charge in [-0.3, -0.25) is 0 Å². The van der Waals surface area contributed by atoms with Gasteiger partial charge in [-0.1, -0.05) is 31.0 Å². The van der Waals surface area contributed by atoms with Gasteiger partial charge < -0.3 is 29.5 Å². The zero-order valence-corrected chi connectivity index (χ0v) is 18.8. The van der Waals surface area contributed by atoms with Crippen LogP contribution in [0.25, 0.3) is 0 Å². The molecule has 1 fully saturated rings. The van der Waals surface area contributed by atoms with E-state index < -0.39 is 12.2 Å². The van der Waals surface area contributed by atoms with Crippen LogP contribution in [0.4, 0.5) is 9.59 Å². The molecule has 0 radical (unpaired) electrons. The van der Waals surface area contributed by atoms with Crippen molar-refractivity contribution in [3.05, 3.63) is 54.6 Å². The maximum absolute atomic E-state index is 12.5. The van der Waals surface area contributed by atoms with E-state index in [9.17, 15) is 9.59 Å². The van der Waals surface area contributed by atoms with Gasteiger partial charge in [-0.2, -0.15) is 0 Å². The number of hydrogen-bond acceptors (Lipinski definition) is 6. The highest BCUT2D eigenvalue weighted by Crippen LogP contribution is 2.24. The highest BCUT2D eigenvalue weighted by molar-refractivity contribution is 5.71. The number of nitrogens with one attached hydrogen (secondary N) is 1. The summed E-state index contributed by atoms with van der Waals surface area (Å²) in [4.78, 5) is 26.0. The number of aliphatic hydroxyl groups excluding tert-OH is 1. The van der Waals surface area contributed by atoms with Crippen LogP contribution < -0.4 is 14.8 Å². The molecule has 1 aliphatic rings. The minimum atomic E-state index is -0.420. The van der Waals surface area contributed by atoms with E-state index in [1.165, 1.54) is 0 Å². The summed E-state index contributed by atoms with van der Waals surface area (Å²) >= 11 is 0. The van der Waals surface area contributed by atoms with Gasteiger partial charge in [0.15, 0.2) is 0 Å². The van der Waals surface area contributed by atoms with Gasteiger partial charge in [0.05, 0.1) is 0 Å². The second-order valence-corrected chi connectivity index (χ2v) is 7.91. The largest absolute Gasteiger partial charge is 0.457 e. The summed E-state index contributed by atoms with van der Waals surface area (Å²) in [5.41, 5.74) is 0. The number of alkyl carbamates (subject to hydrolysis) is 1. The Bertz CT molecular complexity index is 851. The van der Waals surface area contributed by atoms with Gasteiger partial charge in [0.1, 0.15) is 23.4 Å². The van der Waals surface area contributed by atoms with Crippen molar-refractivity contribution in [2.24, 2.45) is 0 Å². The SMILES string of the molecule is O=C(NCCCCCCO)OC1CCN(C(=O)Oc2ccc(Oc3ccccc3)cc2)CC1. The highest BCUT2D eigenvalue weighted by Gasteiger charge is 2.26. The molecule has 2 amide bonds. The fraction of sp³-hybridized carbons (Fsp3) is 0.440. The fourth-order valence-corrected chi connectivity index (χ4v) is 3.50. The Morgan fingerprint density at radius 1 is 0.879 bits per heavy atom. The van der Waals surface area contributed by atoms with Crippen molar-refractivity contribution in [2.75, 3.05) is 26.2 Å². The Morgan fingerprint density at radius 2 is 1.52 bits per heavy atom. The van der Waals surface area contributed by atoms with E-state index >= 15 is 0 Å². The average molecular weight is 457 g/mol. The van der Waals surface area contributed by atoms with Crippen LogP contribution in [0.5, 0.6) is 17.2 Å². The second-order valence-electron chi connectivity index (χ2n) is 7.91. The number of nitrogens with zero attached hydrogens (tertiary/aromatic N) is 1. The molecule has 8 heteroatoms. The first-order valence-electron chi connectivity index (χ1n) is 11.5. The summed E-state index contributed by atoms with van der Waals surface area (Å²) < 4.78 is 16.6. The Balaban J connectivity index is 1.33. The van der Waals surface area contributed by atoms with Gasteiger partial charge in [-0.15, -0.1) is 0 Å². The van der Waals surface area contributed by atoms with Gasteiger partial charge in [0, 0.05) is 39.1 Å². The van der Waals surface area contributed by atoms with Crippen LogP contribution in [0.15, 0.2) is 54.6 Å².